The van der Waals surface area contributed by atoms with Gasteiger partial charge >= 0.3 is 0 Å². The fourth-order valence-corrected chi connectivity index (χ4v) is 2.29. The lowest BCUT2D eigenvalue weighted by atomic mass is 10.2. The Bertz CT molecular complexity index is 585. The van der Waals surface area contributed by atoms with Crippen LogP contribution in [-0.4, -0.2) is 21.8 Å². The van der Waals surface area contributed by atoms with E-state index in [1.807, 2.05) is 6.07 Å². The molecule has 4 nitrogen and oxygen atoms in total. The molecule has 0 aliphatic carbocycles. The minimum Gasteiger partial charge on any atom is -0.392 e. The van der Waals surface area contributed by atoms with E-state index in [-0.39, 0.29) is 12.5 Å². The predicted octanol–water partition coefficient (Wildman–Crippen LogP) is 2.94. The molecule has 2 N–H and O–H groups in total. The Morgan fingerprint density at radius 2 is 2.20 bits per heavy atom. The first-order chi connectivity index (χ1) is 9.72. The van der Waals surface area contributed by atoms with E-state index >= 15 is 0 Å². The summed E-state index contributed by atoms with van der Waals surface area (Å²) in [6.45, 7) is 2.01. The number of anilines is 1. The molecule has 0 bridgehead atoms. The molecular formula is C15H16N2O2S. The van der Waals surface area contributed by atoms with Crippen molar-refractivity contribution in [2.24, 2.45) is 0 Å². The molecule has 0 atom stereocenters. The van der Waals surface area contributed by atoms with Crippen molar-refractivity contribution in [3.05, 3.63) is 53.7 Å². The van der Waals surface area contributed by atoms with Gasteiger partial charge in [-0.1, -0.05) is 19.1 Å². The van der Waals surface area contributed by atoms with Gasteiger partial charge in [0.05, 0.1) is 17.2 Å². The number of hydrogen-bond acceptors (Lipinski definition) is 4. The number of benzene rings is 1. The van der Waals surface area contributed by atoms with Gasteiger partial charge in [0.25, 0.3) is 5.91 Å². The van der Waals surface area contributed by atoms with Crippen molar-refractivity contribution in [3.63, 3.8) is 0 Å². The molecule has 2 rings (SSSR count). The van der Waals surface area contributed by atoms with Crippen molar-refractivity contribution in [1.82, 2.24) is 4.98 Å². The number of aliphatic hydroxyl groups is 1. The summed E-state index contributed by atoms with van der Waals surface area (Å²) < 4.78 is 0. The van der Waals surface area contributed by atoms with E-state index in [0.29, 0.717) is 11.3 Å². The van der Waals surface area contributed by atoms with E-state index in [9.17, 15) is 4.79 Å². The fourth-order valence-electron chi connectivity index (χ4n) is 1.70. The van der Waals surface area contributed by atoms with Gasteiger partial charge < -0.3 is 10.4 Å². The van der Waals surface area contributed by atoms with Crippen LogP contribution >= 0.6 is 11.8 Å². The number of thioether (sulfide) groups is 1. The van der Waals surface area contributed by atoms with Crippen molar-refractivity contribution < 1.29 is 9.90 Å². The van der Waals surface area contributed by atoms with Crippen molar-refractivity contribution in [3.8, 4) is 0 Å². The lowest BCUT2D eigenvalue weighted by Gasteiger charge is -2.06. The zero-order valence-electron chi connectivity index (χ0n) is 11.2. The standard InChI is InChI=1S/C15H16N2O2S/c1-2-20-14-7-6-12(9-16-14)15(19)17-13-5-3-4-11(8-13)10-18/h3-9,18H,2,10H2,1H3,(H,17,19). The van der Waals surface area contributed by atoms with E-state index in [1.165, 1.54) is 0 Å². The molecule has 0 fully saturated rings. The molecule has 1 aromatic heterocycles. The number of pyridine rings is 1. The zero-order chi connectivity index (χ0) is 14.4. The summed E-state index contributed by atoms with van der Waals surface area (Å²) in [6.07, 6.45) is 1.57. The van der Waals surface area contributed by atoms with Crippen LogP contribution in [0.2, 0.25) is 0 Å². The average molecular weight is 288 g/mol. The van der Waals surface area contributed by atoms with Crippen LogP contribution in [0.15, 0.2) is 47.6 Å². The third kappa shape index (κ3) is 3.82. The van der Waals surface area contributed by atoms with Gasteiger partial charge in [0, 0.05) is 11.9 Å². The highest BCUT2D eigenvalue weighted by atomic mass is 32.2. The second-order valence-corrected chi connectivity index (χ2v) is 5.42. The Hall–Kier alpha value is -1.85. The molecule has 0 aliphatic rings. The molecule has 0 unspecified atom stereocenters. The van der Waals surface area contributed by atoms with Crippen molar-refractivity contribution in [2.45, 2.75) is 18.6 Å². The fraction of sp³-hybridized carbons (Fsp3) is 0.200. The topological polar surface area (TPSA) is 62.2 Å². The Kier molecular flexibility index (Phi) is 5.15. The molecule has 1 heterocycles. The first-order valence-electron chi connectivity index (χ1n) is 6.33. The van der Waals surface area contributed by atoms with Gasteiger partial charge in [0.15, 0.2) is 0 Å². The molecule has 5 heteroatoms. The number of aliphatic hydroxyl groups excluding tert-OH is 1. The minimum absolute atomic E-state index is 0.0474. The lowest BCUT2D eigenvalue weighted by molar-refractivity contribution is 0.102. The van der Waals surface area contributed by atoms with Crippen LogP contribution in [-0.2, 0) is 6.61 Å². The number of nitrogens with zero attached hydrogens (tertiary/aromatic N) is 1. The van der Waals surface area contributed by atoms with Crippen LogP contribution in [0.3, 0.4) is 0 Å². The number of rotatable bonds is 5. The molecule has 104 valence electrons. The predicted molar refractivity (Wildman–Crippen MR) is 81.0 cm³/mol. The molecule has 0 spiro atoms. The van der Waals surface area contributed by atoms with Gasteiger partial charge in [0.2, 0.25) is 0 Å². The normalized spacial score (nSPS) is 10.3. The molecule has 0 saturated heterocycles. The van der Waals surface area contributed by atoms with Gasteiger partial charge in [-0.15, -0.1) is 11.8 Å². The van der Waals surface area contributed by atoms with Crippen LogP contribution in [0.1, 0.15) is 22.8 Å². The van der Waals surface area contributed by atoms with Gasteiger partial charge in [0.1, 0.15) is 0 Å². The summed E-state index contributed by atoms with van der Waals surface area (Å²) in [5, 5.41) is 12.8. The zero-order valence-corrected chi connectivity index (χ0v) is 12.0. The Morgan fingerprint density at radius 3 is 2.85 bits per heavy atom. The quantitative estimate of drug-likeness (QED) is 0.830. The first-order valence-corrected chi connectivity index (χ1v) is 7.31. The monoisotopic (exact) mass is 288 g/mol. The summed E-state index contributed by atoms with van der Waals surface area (Å²) >= 11 is 1.63. The summed E-state index contributed by atoms with van der Waals surface area (Å²) in [5.41, 5.74) is 1.93. The van der Waals surface area contributed by atoms with E-state index in [2.05, 4.69) is 17.2 Å². The van der Waals surface area contributed by atoms with Crippen LogP contribution in [0.25, 0.3) is 0 Å². The second kappa shape index (κ2) is 7.07. The largest absolute Gasteiger partial charge is 0.392 e. The van der Waals surface area contributed by atoms with Crippen LogP contribution in [0.5, 0.6) is 0 Å². The highest BCUT2D eigenvalue weighted by Crippen LogP contribution is 2.16. The number of carbonyl (C=O) groups is 1. The van der Waals surface area contributed by atoms with Gasteiger partial charge in [-0.25, -0.2) is 4.98 Å². The molecule has 0 saturated carbocycles. The van der Waals surface area contributed by atoms with Crippen molar-refractivity contribution in [1.29, 1.82) is 0 Å². The lowest BCUT2D eigenvalue weighted by Crippen LogP contribution is -2.12. The van der Waals surface area contributed by atoms with Gasteiger partial charge in [-0.2, -0.15) is 0 Å². The molecule has 1 amide bonds. The SMILES string of the molecule is CCSc1ccc(C(=O)Nc2cccc(CO)c2)cn1. The highest BCUT2D eigenvalue weighted by Gasteiger charge is 2.07. The van der Waals surface area contributed by atoms with Crippen molar-refractivity contribution in [2.75, 3.05) is 11.1 Å². The average Bonchev–Trinajstić information content (AvgIpc) is 2.48. The molecule has 0 aliphatic heterocycles. The summed E-state index contributed by atoms with van der Waals surface area (Å²) in [4.78, 5) is 16.3. The molecule has 1 aromatic carbocycles. The van der Waals surface area contributed by atoms with E-state index in [4.69, 9.17) is 5.11 Å². The maximum absolute atomic E-state index is 12.1. The molecular weight excluding hydrogens is 272 g/mol. The Labute approximate surface area is 122 Å². The van der Waals surface area contributed by atoms with Crippen molar-refractivity contribution >= 4 is 23.4 Å². The molecule has 2 aromatic rings. The Balaban J connectivity index is 2.07. The van der Waals surface area contributed by atoms with Crippen LogP contribution in [0, 0.1) is 0 Å². The third-order valence-corrected chi connectivity index (χ3v) is 3.48. The van der Waals surface area contributed by atoms with Gasteiger partial charge in [-0.3, -0.25) is 4.79 Å². The number of aromatic nitrogens is 1. The second-order valence-electron chi connectivity index (χ2n) is 4.13. The van der Waals surface area contributed by atoms with Crippen LogP contribution in [0.4, 0.5) is 5.69 Å². The van der Waals surface area contributed by atoms with E-state index in [1.54, 1.807) is 48.3 Å². The maximum Gasteiger partial charge on any atom is 0.257 e. The van der Waals surface area contributed by atoms with Crippen LogP contribution < -0.4 is 5.32 Å². The smallest absolute Gasteiger partial charge is 0.257 e. The third-order valence-electron chi connectivity index (χ3n) is 2.66. The number of amides is 1. The number of carbonyl (C=O) groups excluding carboxylic acids is 1. The highest BCUT2D eigenvalue weighted by molar-refractivity contribution is 7.99. The summed E-state index contributed by atoms with van der Waals surface area (Å²) in [5.74, 6) is 0.743. The van der Waals surface area contributed by atoms with E-state index < -0.39 is 0 Å². The maximum atomic E-state index is 12.1. The minimum atomic E-state index is -0.208. The molecule has 0 radical (unpaired) electrons. The summed E-state index contributed by atoms with van der Waals surface area (Å²) in [7, 11) is 0. The summed E-state index contributed by atoms with van der Waals surface area (Å²) in [6, 6.07) is 10.7. The molecule has 20 heavy (non-hydrogen) atoms. The van der Waals surface area contributed by atoms with E-state index in [0.717, 1.165) is 16.3 Å². The Morgan fingerprint density at radius 1 is 1.35 bits per heavy atom. The number of hydrogen-bond donors (Lipinski definition) is 2. The number of nitrogens with one attached hydrogen (secondary N) is 1. The first kappa shape index (κ1) is 14.6. The van der Waals surface area contributed by atoms with Gasteiger partial charge in [-0.05, 0) is 35.6 Å².